The fraction of sp³-hybridized carbons (Fsp3) is 0.481. The number of methoxy groups -OCH3 is 1. The van der Waals surface area contributed by atoms with Crippen LogP contribution in [-0.4, -0.2) is 60.9 Å². The first-order valence-corrected chi connectivity index (χ1v) is 12.1. The molecule has 1 atom stereocenters. The van der Waals surface area contributed by atoms with Gasteiger partial charge in [-0.25, -0.2) is 0 Å². The second-order valence-electron chi connectivity index (χ2n) is 9.11. The smallest absolute Gasteiger partial charge is 0.242 e. The Morgan fingerprint density at radius 1 is 0.970 bits per heavy atom. The summed E-state index contributed by atoms with van der Waals surface area (Å²) in [5.41, 5.74) is 1.99. The van der Waals surface area contributed by atoms with Crippen molar-refractivity contribution in [3.8, 4) is 5.75 Å². The molecule has 1 N–H and O–H groups in total. The van der Waals surface area contributed by atoms with Crippen LogP contribution in [0.3, 0.4) is 0 Å². The number of piperazine rings is 1. The molecule has 6 nitrogen and oxygen atoms in total. The highest BCUT2D eigenvalue weighted by atomic mass is 16.5. The summed E-state index contributed by atoms with van der Waals surface area (Å²) in [6.07, 6.45) is 5.88. The van der Waals surface area contributed by atoms with Gasteiger partial charge in [-0.15, -0.1) is 0 Å². The third-order valence-electron chi connectivity index (χ3n) is 7.00. The summed E-state index contributed by atoms with van der Waals surface area (Å²) in [4.78, 5) is 30.4. The molecule has 0 aromatic heterocycles. The van der Waals surface area contributed by atoms with Gasteiger partial charge in [0.05, 0.1) is 13.2 Å². The van der Waals surface area contributed by atoms with Crippen molar-refractivity contribution in [2.75, 3.05) is 38.6 Å². The minimum atomic E-state index is -0.142. The fourth-order valence-corrected chi connectivity index (χ4v) is 5.15. The van der Waals surface area contributed by atoms with Gasteiger partial charge in [0.2, 0.25) is 11.8 Å². The number of carbonyl (C=O) groups excluding carboxylic acids is 2. The molecule has 1 aliphatic heterocycles. The second-order valence-corrected chi connectivity index (χ2v) is 9.11. The van der Waals surface area contributed by atoms with Crippen LogP contribution < -0.4 is 10.1 Å². The highest BCUT2D eigenvalue weighted by Gasteiger charge is 2.37. The highest BCUT2D eigenvalue weighted by molar-refractivity contribution is 5.95. The van der Waals surface area contributed by atoms with Gasteiger partial charge in [0.1, 0.15) is 5.75 Å². The average Bonchev–Trinajstić information content (AvgIpc) is 3.38. The molecule has 33 heavy (non-hydrogen) atoms. The van der Waals surface area contributed by atoms with E-state index < -0.39 is 0 Å². The quantitative estimate of drug-likeness (QED) is 0.663. The molecule has 1 saturated carbocycles. The number of anilines is 1. The van der Waals surface area contributed by atoms with E-state index in [0.29, 0.717) is 25.4 Å². The zero-order chi connectivity index (χ0) is 23.0. The minimum absolute atomic E-state index is 0.0657. The normalized spacial score (nSPS) is 18.2. The van der Waals surface area contributed by atoms with Crippen LogP contribution >= 0.6 is 0 Å². The Morgan fingerprint density at radius 3 is 2.27 bits per heavy atom. The van der Waals surface area contributed by atoms with Gasteiger partial charge in [0, 0.05) is 38.3 Å². The van der Waals surface area contributed by atoms with E-state index in [9.17, 15) is 9.59 Å². The molecule has 2 aromatic rings. The first-order chi connectivity index (χ1) is 16.1. The number of aryl methyl sites for hydroxylation is 1. The summed E-state index contributed by atoms with van der Waals surface area (Å²) in [5, 5.41) is 3.12. The third kappa shape index (κ3) is 6.14. The number of nitrogens with zero attached hydrogens (tertiary/aromatic N) is 2. The van der Waals surface area contributed by atoms with Gasteiger partial charge < -0.3 is 15.0 Å². The third-order valence-corrected chi connectivity index (χ3v) is 7.00. The van der Waals surface area contributed by atoms with Crippen LogP contribution in [-0.2, 0) is 16.0 Å². The predicted octanol–water partition coefficient (Wildman–Crippen LogP) is 3.97. The van der Waals surface area contributed by atoms with Crippen molar-refractivity contribution in [2.45, 2.75) is 44.6 Å². The molecule has 4 rings (SSSR count). The average molecular weight is 450 g/mol. The van der Waals surface area contributed by atoms with Gasteiger partial charge in [0.25, 0.3) is 0 Å². The topological polar surface area (TPSA) is 61.9 Å². The van der Waals surface area contributed by atoms with Crippen molar-refractivity contribution in [2.24, 2.45) is 5.92 Å². The summed E-state index contributed by atoms with van der Waals surface area (Å²) >= 11 is 0. The Bertz CT molecular complexity index is 902. The second kappa shape index (κ2) is 11.3. The van der Waals surface area contributed by atoms with Crippen molar-refractivity contribution in [3.05, 3.63) is 60.2 Å². The molecule has 1 saturated heterocycles. The van der Waals surface area contributed by atoms with Crippen molar-refractivity contribution in [1.29, 1.82) is 0 Å². The number of ether oxygens (including phenoxy) is 1. The molecule has 0 unspecified atom stereocenters. The molecule has 1 aliphatic carbocycles. The first kappa shape index (κ1) is 23.3. The molecule has 1 heterocycles. The van der Waals surface area contributed by atoms with Crippen LogP contribution in [0.15, 0.2) is 54.6 Å². The SMILES string of the molecule is COc1ccc(NC(=O)[C@H](C2CCCC2)N2CCN(C(=O)CCc3ccccc3)CC2)cc1. The van der Waals surface area contributed by atoms with Crippen LogP contribution in [0, 0.1) is 5.92 Å². The lowest BCUT2D eigenvalue weighted by atomic mass is 9.94. The maximum Gasteiger partial charge on any atom is 0.242 e. The van der Waals surface area contributed by atoms with E-state index in [-0.39, 0.29) is 17.9 Å². The largest absolute Gasteiger partial charge is 0.497 e. The Kier molecular flexibility index (Phi) is 8.00. The molecule has 0 spiro atoms. The number of hydrogen-bond donors (Lipinski definition) is 1. The van der Waals surface area contributed by atoms with E-state index >= 15 is 0 Å². The number of amides is 2. The van der Waals surface area contributed by atoms with E-state index in [2.05, 4.69) is 22.3 Å². The highest BCUT2D eigenvalue weighted by Crippen LogP contribution is 2.32. The lowest BCUT2D eigenvalue weighted by molar-refractivity contribution is -0.134. The molecule has 0 radical (unpaired) electrons. The molecular formula is C27H35N3O3. The maximum atomic E-state index is 13.4. The van der Waals surface area contributed by atoms with Crippen molar-refractivity contribution >= 4 is 17.5 Å². The van der Waals surface area contributed by atoms with E-state index in [4.69, 9.17) is 4.74 Å². The monoisotopic (exact) mass is 449 g/mol. The molecule has 176 valence electrons. The van der Waals surface area contributed by atoms with Gasteiger partial charge in [-0.3, -0.25) is 14.5 Å². The molecule has 2 amide bonds. The van der Waals surface area contributed by atoms with E-state index in [1.165, 1.54) is 18.4 Å². The van der Waals surface area contributed by atoms with Crippen LogP contribution in [0.25, 0.3) is 0 Å². The maximum absolute atomic E-state index is 13.4. The lowest BCUT2D eigenvalue weighted by Gasteiger charge is -2.40. The molecule has 0 bridgehead atoms. The number of benzene rings is 2. The standard InChI is InChI=1S/C27H35N3O3/c1-33-24-14-12-23(13-15-24)28-27(32)26(22-9-5-6-10-22)30-19-17-29(18-20-30)25(31)16-11-21-7-3-2-4-8-21/h2-4,7-8,12-15,22,26H,5-6,9-11,16-20H2,1H3,(H,28,32)/t26-/m0/s1. The van der Waals surface area contributed by atoms with Crippen LogP contribution in [0.1, 0.15) is 37.7 Å². The van der Waals surface area contributed by atoms with E-state index in [1.807, 2.05) is 47.4 Å². The van der Waals surface area contributed by atoms with Crippen molar-refractivity contribution < 1.29 is 14.3 Å². The number of rotatable bonds is 8. The summed E-state index contributed by atoms with van der Waals surface area (Å²) in [6.45, 7) is 2.86. The fourth-order valence-electron chi connectivity index (χ4n) is 5.15. The Morgan fingerprint density at radius 2 is 1.64 bits per heavy atom. The molecule has 6 heteroatoms. The molecular weight excluding hydrogens is 414 g/mol. The number of hydrogen-bond acceptors (Lipinski definition) is 4. The molecule has 2 fully saturated rings. The van der Waals surface area contributed by atoms with Crippen LogP contribution in [0.4, 0.5) is 5.69 Å². The predicted molar refractivity (Wildman–Crippen MR) is 130 cm³/mol. The van der Waals surface area contributed by atoms with E-state index in [1.54, 1.807) is 7.11 Å². The zero-order valence-electron chi connectivity index (χ0n) is 19.5. The lowest BCUT2D eigenvalue weighted by Crippen LogP contribution is -2.57. The van der Waals surface area contributed by atoms with Crippen molar-refractivity contribution in [1.82, 2.24) is 9.80 Å². The summed E-state index contributed by atoms with van der Waals surface area (Å²) in [7, 11) is 1.63. The van der Waals surface area contributed by atoms with Crippen molar-refractivity contribution in [3.63, 3.8) is 0 Å². The number of carbonyl (C=O) groups is 2. The van der Waals surface area contributed by atoms with Gasteiger partial charge in [0.15, 0.2) is 0 Å². The van der Waals surface area contributed by atoms with E-state index in [0.717, 1.165) is 43.8 Å². The summed E-state index contributed by atoms with van der Waals surface area (Å²) in [6, 6.07) is 17.5. The summed E-state index contributed by atoms with van der Waals surface area (Å²) < 4.78 is 5.22. The van der Waals surface area contributed by atoms with Gasteiger partial charge >= 0.3 is 0 Å². The molecule has 2 aromatic carbocycles. The van der Waals surface area contributed by atoms with Gasteiger partial charge in [-0.1, -0.05) is 43.2 Å². The van der Waals surface area contributed by atoms with Gasteiger partial charge in [-0.2, -0.15) is 0 Å². The molecule has 2 aliphatic rings. The Labute approximate surface area is 196 Å². The van der Waals surface area contributed by atoms with Gasteiger partial charge in [-0.05, 0) is 55.0 Å². The summed E-state index contributed by atoms with van der Waals surface area (Å²) in [5.74, 6) is 1.42. The number of nitrogens with one attached hydrogen (secondary N) is 1. The first-order valence-electron chi connectivity index (χ1n) is 12.1. The Balaban J connectivity index is 1.34. The zero-order valence-corrected chi connectivity index (χ0v) is 19.5. The minimum Gasteiger partial charge on any atom is -0.497 e. The Hall–Kier alpha value is -2.86. The van der Waals surface area contributed by atoms with Crippen LogP contribution in [0.2, 0.25) is 0 Å². The van der Waals surface area contributed by atoms with Crippen LogP contribution in [0.5, 0.6) is 5.75 Å².